The number of carbonyl (C=O) groups excluding carboxylic acids is 1. The zero-order valence-corrected chi connectivity index (χ0v) is 18.6. The predicted octanol–water partition coefficient (Wildman–Crippen LogP) is 4.36. The van der Waals surface area contributed by atoms with Crippen molar-refractivity contribution >= 4 is 28.3 Å². The molecular formula is C24H23F3N2O5. The van der Waals surface area contributed by atoms with E-state index < -0.39 is 29.4 Å². The van der Waals surface area contributed by atoms with Crippen LogP contribution < -0.4 is 20.6 Å². The van der Waals surface area contributed by atoms with E-state index in [0.717, 1.165) is 23.1 Å². The van der Waals surface area contributed by atoms with Gasteiger partial charge in [-0.25, -0.2) is 4.79 Å². The number of halogens is 3. The van der Waals surface area contributed by atoms with E-state index in [0.29, 0.717) is 37.6 Å². The molecule has 0 unspecified atom stereocenters. The zero-order valence-electron chi connectivity index (χ0n) is 18.6. The number of nitrogens with one attached hydrogen (secondary N) is 1. The summed E-state index contributed by atoms with van der Waals surface area (Å²) >= 11 is 0. The van der Waals surface area contributed by atoms with E-state index in [-0.39, 0.29) is 11.4 Å². The average Bonchev–Trinajstić information content (AvgIpc) is 2.78. The van der Waals surface area contributed by atoms with Gasteiger partial charge in [0.15, 0.2) is 6.10 Å². The number of benzene rings is 2. The minimum absolute atomic E-state index is 0.0392. The van der Waals surface area contributed by atoms with Crippen molar-refractivity contribution in [2.45, 2.75) is 26.1 Å². The number of amides is 1. The Kier molecular flexibility index (Phi) is 6.52. The number of hydrogen-bond acceptors (Lipinski definition) is 6. The van der Waals surface area contributed by atoms with E-state index in [4.69, 9.17) is 13.9 Å². The fourth-order valence-electron chi connectivity index (χ4n) is 3.76. The van der Waals surface area contributed by atoms with E-state index in [1.54, 1.807) is 19.1 Å². The molecule has 10 heteroatoms. The SMILES string of the molecule is Cc1cc(=O)oc2cc(O[C@@H](C)C(=O)Nc3cc(C(F)(F)F)ccc3N3CCOCC3)ccc12. The number of nitrogens with zero attached hydrogens (tertiary/aromatic N) is 1. The van der Waals surface area contributed by atoms with Gasteiger partial charge in [0.05, 0.1) is 30.2 Å². The Labute approximate surface area is 193 Å². The van der Waals surface area contributed by atoms with Crippen LogP contribution >= 0.6 is 0 Å². The van der Waals surface area contributed by atoms with E-state index >= 15 is 0 Å². The number of hydrogen-bond donors (Lipinski definition) is 1. The van der Waals surface area contributed by atoms with Crippen molar-refractivity contribution in [3.8, 4) is 5.75 Å². The lowest BCUT2D eigenvalue weighted by atomic mass is 10.1. The Morgan fingerprint density at radius 3 is 2.56 bits per heavy atom. The molecule has 1 atom stereocenters. The molecule has 1 amide bonds. The summed E-state index contributed by atoms with van der Waals surface area (Å²) in [4.78, 5) is 26.4. The highest BCUT2D eigenvalue weighted by atomic mass is 19.4. The van der Waals surface area contributed by atoms with Crippen LogP contribution in [0.15, 0.2) is 51.7 Å². The topological polar surface area (TPSA) is 81.0 Å². The molecule has 0 saturated carbocycles. The quantitative estimate of drug-likeness (QED) is 0.551. The summed E-state index contributed by atoms with van der Waals surface area (Å²) in [6.45, 7) is 5.10. The van der Waals surface area contributed by atoms with E-state index in [9.17, 15) is 22.8 Å². The molecule has 34 heavy (non-hydrogen) atoms. The van der Waals surface area contributed by atoms with Crippen LogP contribution in [0, 0.1) is 6.92 Å². The maximum atomic E-state index is 13.3. The summed E-state index contributed by atoms with van der Waals surface area (Å²) in [6.07, 6.45) is -5.60. The molecule has 1 aliphatic rings. The fourth-order valence-corrected chi connectivity index (χ4v) is 3.76. The average molecular weight is 476 g/mol. The summed E-state index contributed by atoms with van der Waals surface area (Å²) in [7, 11) is 0. The number of ether oxygens (including phenoxy) is 2. The van der Waals surface area contributed by atoms with Crippen molar-refractivity contribution in [1.82, 2.24) is 0 Å². The first-order valence-corrected chi connectivity index (χ1v) is 10.7. The van der Waals surface area contributed by atoms with Gasteiger partial charge < -0.3 is 24.1 Å². The summed E-state index contributed by atoms with van der Waals surface area (Å²) in [5.74, 6) is -0.346. The predicted molar refractivity (Wildman–Crippen MR) is 120 cm³/mol. The molecule has 1 saturated heterocycles. The Morgan fingerprint density at radius 1 is 1.12 bits per heavy atom. The molecule has 0 spiro atoms. The molecule has 0 bridgehead atoms. The lowest BCUT2D eigenvalue weighted by Crippen LogP contribution is -2.37. The first kappa shape index (κ1) is 23.6. The van der Waals surface area contributed by atoms with Crippen LogP contribution in [0.25, 0.3) is 11.0 Å². The Balaban J connectivity index is 1.56. The van der Waals surface area contributed by atoms with Gasteiger partial charge in [-0.05, 0) is 49.7 Å². The number of morpholine rings is 1. The summed E-state index contributed by atoms with van der Waals surface area (Å²) in [5.41, 5.74) is 0.185. The van der Waals surface area contributed by atoms with Crippen LogP contribution in [0.3, 0.4) is 0 Å². The molecule has 7 nitrogen and oxygen atoms in total. The van der Waals surface area contributed by atoms with Gasteiger partial charge in [0, 0.05) is 30.6 Å². The third-order valence-electron chi connectivity index (χ3n) is 5.54. The summed E-state index contributed by atoms with van der Waals surface area (Å²) < 4.78 is 56.1. The van der Waals surface area contributed by atoms with Crippen molar-refractivity contribution in [3.05, 3.63) is 64.0 Å². The molecule has 1 fully saturated rings. The molecule has 2 heterocycles. The van der Waals surface area contributed by atoms with Crippen LogP contribution in [0.4, 0.5) is 24.5 Å². The van der Waals surface area contributed by atoms with Crippen molar-refractivity contribution in [1.29, 1.82) is 0 Å². The largest absolute Gasteiger partial charge is 0.481 e. The van der Waals surface area contributed by atoms with Gasteiger partial charge in [0.25, 0.3) is 5.91 Å². The van der Waals surface area contributed by atoms with Gasteiger partial charge in [-0.15, -0.1) is 0 Å². The number of fused-ring (bicyclic) bond motifs is 1. The first-order valence-electron chi connectivity index (χ1n) is 10.7. The van der Waals surface area contributed by atoms with Crippen molar-refractivity contribution < 1.29 is 31.9 Å². The Bertz CT molecular complexity index is 1270. The highest BCUT2D eigenvalue weighted by molar-refractivity contribution is 5.97. The van der Waals surface area contributed by atoms with Gasteiger partial charge in [-0.3, -0.25) is 4.79 Å². The number of rotatable bonds is 5. The van der Waals surface area contributed by atoms with Gasteiger partial charge in [0.1, 0.15) is 11.3 Å². The Morgan fingerprint density at radius 2 is 1.85 bits per heavy atom. The minimum atomic E-state index is -4.56. The summed E-state index contributed by atoms with van der Waals surface area (Å²) in [5, 5.41) is 3.30. The monoisotopic (exact) mass is 476 g/mol. The Hall–Kier alpha value is -3.53. The molecular weight excluding hydrogens is 453 g/mol. The minimum Gasteiger partial charge on any atom is -0.481 e. The van der Waals surface area contributed by atoms with Gasteiger partial charge in [0.2, 0.25) is 0 Å². The second kappa shape index (κ2) is 9.38. The first-order chi connectivity index (χ1) is 16.1. The van der Waals surface area contributed by atoms with Gasteiger partial charge in [-0.1, -0.05) is 0 Å². The van der Waals surface area contributed by atoms with Crippen molar-refractivity contribution in [3.63, 3.8) is 0 Å². The zero-order chi connectivity index (χ0) is 24.5. The molecule has 1 aromatic heterocycles. The van der Waals surface area contributed by atoms with E-state index in [2.05, 4.69) is 5.32 Å². The molecule has 0 aliphatic carbocycles. The van der Waals surface area contributed by atoms with E-state index in [1.165, 1.54) is 25.1 Å². The number of aryl methyl sites for hydroxylation is 1. The maximum Gasteiger partial charge on any atom is 0.416 e. The van der Waals surface area contributed by atoms with Gasteiger partial charge >= 0.3 is 11.8 Å². The second-order valence-corrected chi connectivity index (χ2v) is 7.98. The van der Waals surface area contributed by atoms with E-state index in [1.807, 2.05) is 4.90 Å². The number of carbonyl (C=O) groups is 1. The smallest absolute Gasteiger partial charge is 0.416 e. The lowest BCUT2D eigenvalue weighted by molar-refractivity contribution is -0.137. The second-order valence-electron chi connectivity index (χ2n) is 7.98. The molecule has 1 N–H and O–H groups in total. The van der Waals surface area contributed by atoms with Crippen LogP contribution in [0.1, 0.15) is 18.1 Å². The molecule has 3 aromatic rings. The molecule has 1 aliphatic heterocycles. The normalized spacial score (nSPS) is 15.3. The number of anilines is 2. The van der Waals surface area contributed by atoms with Crippen LogP contribution in [-0.4, -0.2) is 38.3 Å². The lowest BCUT2D eigenvalue weighted by Gasteiger charge is -2.31. The molecule has 4 rings (SSSR count). The van der Waals surface area contributed by atoms with Crippen molar-refractivity contribution in [2.24, 2.45) is 0 Å². The fraction of sp³-hybridized carbons (Fsp3) is 0.333. The standard InChI is InChI=1S/C24H23F3N2O5/c1-14-11-22(30)34-21-13-17(4-5-18(14)21)33-15(2)23(31)28-19-12-16(24(25,26)27)3-6-20(19)29-7-9-32-10-8-29/h3-6,11-13,15H,7-10H2,1-2H3,(H,28,31)/t15-/m0/s1. The molecule has 180 valence electrons. The highest BCUT2D eigenvalue weighted by Crippen LogP contribution is 2.36. The van der Waals surface area contributed by atoms with Crippen molar-refractivity contribution in [2.75, 3.05) is 36.5 Å². The van der Waals surface area contributed by atoms with Gasteiger partial charge in [-0.2, -0.15) is 13.2 Å². The third kappa shape index (κ3) is 5.17. The highest BCUT2D eigenvalue weighted by Gasteiger charge is 2.32. The third-order valence-corrected chi connectivity index (χ3v) is 5.54. The maximum absolute atomic E-state index is 13.3. The van der Waals surface area contributed by atoms with Crippen LogP contribution in [0.5, 0.6) is 5.75 Å². The molecule has 0 radical (unpaired) electrons. The molecule has 2 aromatic carbocycles. The summed E-state index contributed by atoms with van der Waals surface area (Å²) in [6, 6.07) is 9.47. The van der Waals surface area contributed by atoms with Crippen LogP contribution in [0.2, 0.25) is 0 Å². The van der Waals surface area contributed by atoms with Crippen LogP contribution in [-0.2, 0) is 15.7 Å². The number of alkyl halides is 3.